The minimum atomic E-state index is -0.0790. The fourth-order valence-electron chi connectivity index (χ4n) is 3.13. The van der Waals surface area contributed by atoms with Gasteiger partial charge in [-0.15, -0.1) is 0 Å². The summed E-state index contributed by atoms with van der Waals surface area (Å²) >= 11 is 5.76. The normalized spacial score (nSPS) is 19.3. The highest BCUT2D eigenvalue weighted by atomic mass is 35.5. The lowest BCUT2D eigenvalue weighted by Crippen LogP contribution is -2.39. The summed E-state index contributed by atoms with van der Waals surface area (Å²) in [5.41, 5.74) is 0.646. The second-order valence-electron chi connectivity index (χ2n) is 6.63. The van der Waals surface area contributed by atoms with Crippen LogP contribution in [0.4, 0.5) is 0 Å². The Hall–Kier alpha value is -2.47. The van der Waals surface area contributed by atoms with E-state index in [1.54, 1.807) is 12.1 Å². The summed E-state index contributed by atoms with van der Waals surface area (Å²) in [6, 6.07) is 9.49. The molecule has 0 bridgehead atoms. The Bertz CT molecular complexity index is 760. The zero-order valence-electron chi connectivity index (χ0n) is 14.9. The number of rotatable bonds is 7. The second-order valence-corrected chi connectivity index (χ2v) is 7.07. The molecule has 142 valence electrons. The standard InChI is InChI=1S/C20H22ClN3O3/c21-15-12-22-20(23-13-15)27-17-8-6-16(7-9-17)24-19(26)11-10-18(25)14-4-2-1-3-5-14/h1-5,12-13,16-17H,6-11H2,(H,24,26). The summed E-state index contributed by atoms with van der Waals surface area (Å²) < 4.78 is 5.75. The Morgan fingerprint density at radius 1 is 1.04 bits per heavy atom. The predicted molar refractivity (Wildman–Crippen MR) is 102 cm³/mol. The molecule has 0 atom stereocenters. The Morgan fingerprint density at radius 2 is 1.70 bits per heavy atom. The molecule has 1 aliphatic carbocycles. The van der Waals surface area contributed by atoms with Gasteiger partial charge in [0.15, 0.2) is 5.78 Å². The van der Waals surface area contributed by atoms with Gasteiger partial charge in [0.25, 0.3) is 0 Å². The number of hydrogen-bond donors (Lipinski definition) is 1. The van der Waals surface area contributed by atoms with Gasteiger partial charge in [-0.1, -0.05) is 41.9 Å². The van der Waals surface area contributed by atoms with Gasteiger partial charge in [0.1, 0.15) is 6.10 Å². The lowest BCUT2D eigenvalue weighted by atomic mass is 9.93. The molecule has 0 radical (unpaired) electrons. The lowest BCUT2D eigenvalue weighted by molar-refractivity contribution is -0.122. The number of hydrogen-bond acceptors (Lipinski definition) is 5. The predicted octanol–water partition coefficient (Wildman–Crippen LogP) is 3.60. The number of amides is 1. The molecule has 1 fully saturated rings. The zero-order chi connectivity index (χ0) is 19.1. The third-order valence-corrected chi connectivity index (χ3v) is 4.78. The van der Waals surface area contributed by atoms with Crippen LogP contribution < -0.4 is 10.1 Å². The first-order valence-electron chi connectivity index (χ1n) is 9.12. The van der Waals surface area contributed by atoms with Crippen LogP contribution in [0, 0.1) is 0 Å². The Morgan fingerprint density at radius 3 is 2.37 bits per heavy atom. The monoisotopic (exact) mass is 387 g/mol. The van der Waals surface area contributed by atoms with Crippen molar-refractivity contribution in [1.29, 1.82) is 0 Å². The van der Waals surface area contributed by atoms with E-state index in [1.165, 1.54) is 12.4 Å². The van der Waals surface area contributed by atoms with E-state index >= 15 is 0 Å². The third-order valence-electron chi connectivity index (χ3n) is 4.58. The van der Waals surface area contributed by atoms with Gasteiger partial charge in [0.05, 0.1) is 17.4 Å². The number of aromatic nitrogens is 2. The van der Waals surface area contributed by atoms with E-state index in [9.17, 15) is 9.59 Å². The number of nitrogens with zero attached hydrogens (tertiary/aromatic N) is 2. The molecule has 0 unspecified atom stereocenters. The number of ether oxygens (including phenoxy) is 1. The molecular weight excluding hydrogens is 366 g/mol. The minimum Gasteiger partial charge on any atom is -0.460 e. The molecule has 6 nitrogen and oxygen atoms in total. The van der Waals surface area contributed by atoms with Crippen LogP contribution in [0.2, 0.25) is 5.02 Å². The van der Waals surface area contributed by atoms with Crippen molar-refractivity contribution in [2.75, 3.05) is 0 Å². The maximum atomic E-state index is 12.1. The summed E-state index contributed by atoms with van der Waals surface area (Å²) in [6.07, 6.45) is 6.79. The summed E-state index contributed by atoms with van der Waals surface area (Å²) in [5, 5.41) is 3.49. The highest BCUT2D eigenvalue weighted by Gasteiger charge is 2.24. The van der Waals surface area contributed by atoms with Crippen LogP contribution in [0.15, 0.2) is 42.7 Å². The van der Waals surface area contributed by atoms with Crippen molar-refractivity contribution < 1.29 is 14.3 Å². The summed E-state index contributed by atoms with van der Waals surface area (Å²) in [6.45, 7) is 0. The van der Waals surface area contributed by atoms with Gasteiger partial charge in [0.2, 0.25) is 5.91 Å². The first kappa shape index (κ1) is 19.3. The highest BCUT2D eigenvalue weighted by Crippen LogP contribution is 2.22. The molecule has 27 heavy (non-hydrogen) atoms. The van der Waals surface area contributed by atoms with Gasteiger partial charge >= 0.3 is 6.01 Å². The number of ketones is 1. The van der Waals surface area contributed by atoms with Gasteiger partial charge in [0, 0.05) is 24.4 Å². The van der Waals surface area contributed by atoms with Gasteiger partial charge in [-0.25, -0.2) is 9.97 Å². The van der Waals surface area contributed by atoms with E-state index in [-0.39, 0.29) is 36.7 Å². The fraction of sp³-hybridized carbons (Fsp3) is 0.400. The molecule has 1 saturated carbocycles. The molecule has 1 aliphatic rings. The third kappa shape index (κ3) is 6.03. The molecule has 0 saturated heterocycles. The number of carbonyl (C=O) groups excluding carboxylic acids is 2. The van der Waals surface area contributed by atoms with Crippen molar-refractivity contribution in [2.45, 2.75) is 50.7 Å². The van der Waals surface area contributed by atoms with Crippen molar-refractivity contribution in [2.24, 2.45) is 0 Å². The number of halogens is 1. The van der Waals surface area contributed by atoms with Crippen molar-refractivity contribution >= 4 is 23.3 Å². The number of benzene rings is 1. The van der Waals surface area contributed by atoms with E-state index in [4.69, 9.17) is 16.3 Å². The molecule has 1 heterocycles. The van der Waals surface area contributed by atoms with Crippen LogP contribution in [-0.4, -0.2) is 33.8 Å². The van der Waals surface area contributed by atoms with Gasteiger partial charge in [-0.2, -0.15) is 0 Å². The molecule has 0 spiro atoms. The SMILES string of the molecule is O=C(CCC(=O)c1ccccc1)NC1CCC(Oc2ncc(Cl)cn2)CC1. The lowest BCUT2D eigenvalue weighted by Gasteiger charge is -2.28. The quantitative estimate of drug-likeness (QED) is 0.734. The van der Waals surface area contributed by atoms with E-state index in [2.05, 4.69) is 15.3 Å². The van der Waals surface area contributed by atoms with Gasteiger partial charge in [-0.05, 0) is 25.7 Å². The first-order valence-corrected chi connectivity index (χ1v) is 9.50. The van der Waals surface area contributed by atoms with E-state index in [0.29, 0.717) is 16.6 Å². The van der Waals surface area contributed by atoms with Crippen LogP contribution in [0.25, 0.3) is 0 Å². The summed E-state index contributed by atoms with van der Waals surface area (Å²) in [7, 11) is 0. The van der Waals surface area contributed by atoms with Crippen LogP contribution in [-0.2, 0) is 4.79 Å². The van der Waals surface area contributed by atoms with Gasteiger partial charge in [-0.3, -0.25) is 9.59 Å². The summed E-state index contributed by atoms with van der Waals surface area (Å²) in [5.74, 6) is -0.0875. The minimum absolute atomic E-state index is 0.00850. The van der Waals surface area contributed by atoms with Crippen LogP contribution in [0.5, 0.6) is 6.01 Å². The van der Waals surface area contributed by atoms with Crippen LogP contribution >= 0.6 is 11.6 Å². The van der Waals surface area contributed by atoms with E-state index < -0.39 is 0 Å². The van der Waals surface area contributed by atoms with Crippen molar-refractivity contribution in [3.05, 3.63) is 53.3 Å². The number of carbonyl (C=O) groups is 2. The average Bonchev–Trinajstić information content (AvgIpc) is 2.70. The smallest absolute Gasteiger partial charge is 0.316 e. The maximum Gasteiger partial charge on any atom is 0.316 e. The topological polar surface area (TPSA) is 81.2 Å². The largest absolute Gasteiger partial charge is 0.460 e. The van der Waals surface area contributed by atoms with Crippen molar-refractivity contribution in [3.63, 3.8) is 0 Å². The molecule has 0 aliphatic heterocycles. The molecule has 1 aromatic heterocycles. The molecule has 2 aromatic rings. The first-order chi connectivity index (χ1) is 13.1. The number of nitrogens with one attached hydrogen (secondary N) is 1. The van der Waals surface area contributed by atoms with E-state index in [1.807, 2.05) is 18.2 Å². The van der Waals surface area contributed by atoms with Crippen molar-refractivity contribution in [1.82, 2.24) is 15.3 Å². The summed E-state index contributed by atoms with van der Waals surface area (Å²) in [4.78, 5) is 32.3. The molecule has 1 amide bonds. The second kappa shape index (κ2) is 9.46. The molecule has 1 N–H and O–H groups in total. The van der Waals surface area contributed by atoms with Crippen LogP contribution in [0.1, 0.15) is 48.9 Å². The molecular formula is C20H22ClN3O3. The van der Waals surface area contributed by atoms with E-state index in [0.717, 1.165) is 25.7 Å². The fourth-order valence-corrected chi connectivity index (χ4v) is 3.23. The zero-order valence-corrected chi connectivity index (χ0v) is 15.7. The Kier molecular flexibility index (Phi) is 6.76. The highest BCUT2D eigenvalue weighted by molar-refractivity contribution is 6.30. The Labute approximate surface area is 163 Å². The maximum absolute atomic E-state index is 12.1. The van der Waals surface area contributed by atoms with Crippen LogP contribution in [0.3, 0.4) is 0 Å². The average molecular weight is 388 g/mol. The molecule has 3 rings (SSSR count). The van der Waals surface area contributed by atoms with Gasteiger partial charge < -0.3 is 10.1 Å². The molecule has 1 aromatic carbocycles. The van der Waals surface area contributed by atoms with Crippen molar-refractivity contribution in [3.8, 4) is 6.01 Å². The Balaban J connectivity index is 1.36. The molecule has 7 heteroatoms. The number of Topliss-reactive ketones (excluding diaryl/α,β-unsaturated/α-hetero) is 1.